The Balaban J connectivity index is 2.34. The van der Waals surface area contributed by atoms with Crippen molar-refractivity contribution in [2.75, 3.05) is 13.7 Å². The third-order valence-electron chi connectivity index (χ3n) is 2.53. The largest absolute Gasteiger partial charge is 0.484 e. The van der Waals surface area contributed by atoms with E-state index in [2.05, 4.69) is 0 Å². The molecule has 0 amide bonds. The second-order valence-electron chi connectivity index (χ2n) is 4.08. The molecule has 0 spiro atoms. The van der Waals surface area contributed by atoms with Crippen LogP contribution in [0.1, 0.15) is 23.7 Å². The first-order valence-electron chi connectivity index (χ1n) is 4.95. The molecule has 0 N–H and O–H groups in total. The van der Waals surface area contributed by atoms with Gasteiger partial charge in [0, 0.05) is 7.11 Å². The van der Waals surface area contributed by atoms with Gasteiger partial charge in [0.15, 0.2) is 5.78 Å². The highest BCUT2D eigenvalue weighted by molar-refractivity contribution is 6.00. The fourth-order valence-electron chi connectivity index (χ4n) is 1.91. The lowest BCUT2D eigenvalue weighted by Crippen LogP contribution is -2.42. The van der Waals surface area contributed by atoms with Gasteiger partial charge in [-0.1, -0.05) is 12.1 Å². The molecule has 0 aliphatic carbocycles. The van der Waals surface area contributed by atoms with E-state index in [-0.39, 0.29) is 5.78 Å². The molecule has 15 heavy (non-hydrogen) atoms. The van der Waals surface area contributed by atoms with Crippen molar-refractivity contribution in [1.29, 1.82) is 0 Å². The van der Waals surface area contributed by atoms with Crippen LogP contribution >= 0.6 is 0 Å². The van der Waals surface area contributed by atoms with Crippen molar-refractivity contribution in [3.8, 4) is 5.75 Å². The molecule has 1 aliphatic rings. The molecule has 1 unspecified atom stereocenters. The third kappa shape index (κ3) is 1.88. The van der Waals surface area contributed by atoms with Crippen LogP contribution < -0.4 is 4.74 Å². The standard InChI is InChI=1S/C12H14O3/c1-12(8-14-2)7-10(13)9-5-3-4-6-11(9)15-12/h3-6H,7-8H2,1-2H3. The van der Waals surface area contributed by atoms with Crippen LogP contribution in [0.5, 0.6) is 5.75 Å². The number of Topliss-reactive ketones (excluding diaryl/α,β-unsaturated/α-hetero) is 1. The number of carbonyl (C=O) groups is 1. The molecule has 0 radical (unpaired) electrons. The molecular weight excluding hydrogens is 192 g/mol. The predicted octanol–water partition coefficient (Wildman–Crippen LogP) is 2.06. The van der Waals surface area contributed by atoms with Crippen LogP contribution in [0.2, 0.25) is 0 Å². The van der Waals surface area contributed by atoms with Crippen LogP contribution in [0.25, 0.3) is 0 Å². The number of hydrogen-bond acceptors (Lipinski definition) is 3. The number of carbonyl (C=O) groups excluding carboxylic acids is 1. The normalized spacial score (nSPS) is 24.5. The fraction of sp³-hybridized carbons (Fsp3) is 0.417. The zero-order valence-electron chi connectivity index (χ0n) is 8.95. The second kappa shape index (κ2) is 3.66. The van der Waals surface area contributed by atoms with Gasteiger partial charge in [-0.2, -0.15) is 0 Å². The number of hydrogen-bond donors (Lipinski definition) is 0. The van der Waals surface area contributed by atoms with E-state index in [0.29, 0.717) is 24.3 Å². The van der Waals surface area contributed by atoms with Gasteiger partial charge >= 0.3 is 0 Å². The molecule has 80 valence electrons. The second-order valence-corrected chi connectivity index (χ2v) is 4.08. The van der Waals surface area contributed by atoms with Crippen molar-refractivity contribution in [2.45, 2.75) is 18.9 Å². The molecule has 1 atom stereocenters. The first kappa shape index (κ1) is 10.2. The zero-order valence-corrected chi connectivity index (χ0v) is 8.95. The van der Waals surface area contributed by atoms with Crippen LogP contribution in [0.4, 0.5) is 0 Å². The minimum atomic E-state index is -0.528. The molecule has 1 heterocycles. The van der Waals surface area contributed by atoms with Gasteiger partial charge in [-0.15, -0.1) is 0 Å². The lowest BCUT2D eigenvalue weighted by Gasteiger charge is -2.34. The maximum Gasteiger partial charge on any atom is 0.170 e. The Morgan fingerprint density at radius 2 is 2.20 bits per heavy atom. The number of ether oxygens (including phenoxy) is 2. The highest BCUT2D eigenvalue weighted by Gasteiger charge is 2.36. The maximum atomic E-state index is 11.8. The summed E-state index contributed by atoms with van der Waals surface area (Å²) in [5, 5.41) is 0. The van der Waals surface area contributed by atoms with Gasteiger partial charge in [-0.3, -0.25) is 4.79 Å². The van der Waals surface area contributed by atoms with E-state index >= 15 is 0 Å². The van der Waals surface area contributed by atoms with Crippen LogP contribution in [0.15, 0.2) is 24.3 Å². The minimum absolute atomic E-state index is 0.122. The van der Waals surface area contributed by atoms with Gasteiger partial charge in [0.2, 0.25) is 0 Å². The third-order valence-corrected chi connectivity index (χ3v) is 2.53. The van der Waals surface area contributed by atoms with Gasteiger partial charge in [0.25, 0.3) is 0 Å². The summed E-state index contributed by atoms with van der Waals surface area (Å²) in [6.45, 7) is 2.32. The Labute approximate surface area is 89.0 Å². The van der Waals surface area contributed by atoms with Crippen LogP contribution in [-0.2, 0) is 4.74 Å². The van der Waals surface area contributed by atoms with Gasteiger partial charge in [0.1, 0.15) is 11.4 Å². The van der Waals surface area contributed by atoms with E-state index < -0.39 is 5.60 Å². The molecule has 3 nitrogen and oxygen atoms in total. The fourth-order valence-corrected chi connectivity index (χ4v) is 1.91. The van der Waals surface area contributed by atoms with E-state index in [4.69, 9.17) is 9.47 Å². The molecule has 0 aromatic heterocycles. The monoisotopic (exact) mass is 206 g/mol. The highest BCUT2D eigenvalue weighted by atomic mass is 16.5. The average molecular weight is 206 g/mol. The van der Waals surface area contributed by atoms with E-state index in [1.165, 1.54) is 0 Å². The number of para-hydroxylation sites is 1. The Morgan fingerprint density at radius 1 is 1.47 bits per heavy atom. The van der Waals surface area contributed by atoms with Gasteiger partial charge < -0.3 is 9.47 Å². The van der Waals surface area contributed by atoms with Crippen LogP contribution in [0.3, 0.4) is 0 Å². The van der Waals surface area contributed by atoms with Gasteiger partial charge in [-0.25, -0.2) is 0 Å². The first-order valence-corrected chi connectivity index (χ1v) is 4.95. The molecule has 2 rings (SSSR count). The quantitative estimate of drug-likeness (QED) is 0.743. The van der Waals surface area contributed by atoms with E-state index in [9.17, 15) is 4.79 Å². The van der Waals surface area contributed by atoms with Crippen LogP contribution in [0, 0.1) is 0 Å². The smallest absolute Gasteiger partial charge is 0.170 e. The summed E-state index contributed by atoms with van der Waals surface area (Å²) in [5.41, 5.74) is 0.145. The Morgan fingerprint density at radius 3 is 2.93 bits per heavy atom. The van der Waals surface area contributed by atoms with Crippen molar-refractivity contribution in [1.82, 2.24) is 0 Å². The molecule has 1 aromatic carbocycles. The molecule has 1 aromatic rings. The molecule has 0 saturated carbocycles. The summed E-state index contributed by atoms with van der Waals surface area (Å²) < 4.78 is 10.9. The minimum Gasteiger partial charge on any atom is -0.484 e. The maximum absolute atomic E-state index is 11.8. The Kier molecular flexibility index (Phi) is 2.49. The molecule has 1 aliphatic heterocycles. The molecule has 0 saturated heterocycles. The average Bonchev–Trinajstić information content (AvgIpc) is 2.17. The summed E-state index contributed by atoms with van der Waals surface area (Å²) in [4.78, 5) is 11.8. The van der Waals surface area contributed by atoms with E-state index in [1.807, 2.05) is 25.1 Å². The SMILES string of the molecule is COCC1(C)CC(=O)c2ccccc2O1. The summed E-state index contributed by atoms with van der Waals surface area (Å²) >= 11 is 0. The molecular formula is C12H14O3. The summed E-state index contributed by atoms with van der Waals surface area (Å²) in [5.74, 6) is 0.782. The van der Waals surface area contributed by atoms with Gasteiger partial charge in [-0.05, 0) is 19.1 Å². The number of fused-ring (bicyclic) bond motifs is 1. The summed E-state index contributed by atoms with van der Waals surface area (Å²) in [6, 6.07) is 7.33. The summed E-state index contributed by atoms with van der Waals surface area (Å²) in [7, 11) is 1.61. The van der Waals surface area contributed by atoms with Gasteiger partial charge in [0.05, 0.1) is 18.6 Å². The van der Waals surface area contributed by atoms with Crippen molar-refractivity contribution in [2.24, 2.45) is 0 Å². The van der Waals surface area contributed by atoms with E-state index in [0.717, 1.165) is 0 Å². The molecule has 0 bridgehead atoms. The Bertz CT molecular complexity index is 386. The summed E-state index contributed by atoms with van der Waals surface area (Å²) in [6.07, 6.45) is 0.373. The number of rotatable bonds is 2. The van der Waals surface area contributed by atoms with E-state index in [1.54, 1.807) is 13.2 Å². The predicted molar refractivity (Wildman–Crippen MR) is 56.3 cm³/mol. The number of benzene rings is 1. The first-order chi connectivity index (χ1) is 7.14. The van der Waals surface area contributed by atoms with Crippen molar-refractivity contribution in [3.05, 3.63) is 29.8 Å². The number of ketones is 1. The van der Waals surface area contributed by atoms with Crippen molar-refractivity contribution in [3.63, 3.8) is 0 Å². The lowest BCUT2D eigenvalue weighted by molar-refractivity contribution is -0.00580. The topological polar surface area (TPSA) is 35.5 Å². The van der Waals surface area contributed by atoms with Crippen LogP contribution in [-0.4, -0.2) is 25.1 Å². The molecule has 3 heteroatoms. The Hall–Kier alpha value is -1.35. The molecule has 0 fully saturated rings. The van der Waals surface area contributed by atoms with Crippen molar-refractivity contribution >= 4 is 5.78 Å². The highest BCUT2D eigenvalue weighted by Crippen LogP contribution is 2.32. The zero-order chi connectivity index (χ0) is 10.9. The lowest BCUT2D eigenvalue weighted by atomic mass is 9.92. The number of methoxy groups -OCH3 is 1. The van der Waals surface area contributed by atoms with Crippen molar-refractivity contribution < 1.29 is 14.3 Å².